The zero-order valence-corrected chi connectivity index (χ0v) is 32.5. The minimum absolute atomic E-state index is 0.422. The van der Waals surface area contributed by atoms with Gasteiger partial charge in [0.15, 0.2) is 38.7 Å². The van der Waals surface area contributed by atoms with Gasteiger partial charge in [-0.3, -0.25) is 4.68 Å². The number of halogens is 1. The monoisotopic (exact) mass is 794 g/mol. The van der Waals surface area contributed by atoms with E-state index in [0.717, 1.165) is 113 Å². The summed E-state index contributed by atoms with van der Waals surface area (Å²) in [5, 5.41) is 24.1. The number of nitriles is 2. The molecule has 2 aliphatic rings. The number of hydrogen-bond acceptors (Lipinski definition) is 11. The molecule has 0 atom stereocenters. The van der Waals surface area contributed by atoms with E-state index < -0.39 is 10.8 Å². The van der Waals surface area contributed by atoms with Crippen LogP contribution in [0.15, 0.2) is 90.4 Å². The highest BCUT2D eigenvalue weighted by Gasteiger charge is 2.38. The first kappa shape index (κ1) is 35.8. The van der Waals surface area contributed by atoms with Crippen molar-refractivity contribution in [3.8, 4) is 23.5 Å². The number of hydrogen-bond donors (Lipinski definition) is 0. The van der Waals surface area contributed by atoms with E-state index in [0.29, 0.717) is 0 Å². The average molecular weight is 796 g/mol. The summed E-state index contributed by atoms with van der Waals surface area (Å²) in [6, 6.07) is 25.4. The molecule has 0 saturated carbocycles. The number of benzene rings is 2. The summed E-state index contributed by atoms with van der Waals surface area (Å²) in [6.07, 6.45) is 9.96. The molecule has 0 amide bonds. The highest BCUT2D eigenvalue weighted by Crippen LogP contribution is 2.39. The molecular weight excluding hydrogens is 756 g/mol. The van der Waals surface area contributed by atoms with Crippen molar-refractivity contribution in [1.29, 1.82) is 10.5 Å². The Morgan fingerprint density at radius 1 is 0.636 bits per heavy atom. The molecule has 15 heteroatoms. The van der Waals surface area contributed by atoms with Gasteiger partial charge in [-0.05, 0) is 52.7 Å². The van der Waals surface area contributed by atoms with Gasteiger partial charge in [0.2, 0.25) is 0 Å². The van der Waals surface area contributed by atoms with Crippen LogP contribution in [0.3, 0.4) is 0 Å². The largest absolute Gasteiger partial charge is 0.355 e. The number of aromatic nitrogens is 10. The van der Waals surface area contributed by atoms with Gasteiger partial charge in [-0.25, -0.2) is 29.9 Å². The van der Waals surface area contributed by atoms with Crippen LogP contribution >= 0.6 is 15.9 Å². The summed E-state index contributed by atoms with van der Waals surface area (Å²) in [5.41, 5.74) is 5.43. The van der Waals surface area contributed by atoms with E-state index in [1.54, 1.807) is 23.5 Å². The van der Waals surface area contributed by atoms with Gasteiger partial charge < -0.3 is 18.9 Å². The summed E-state index contributed by atoms with van der Waals surface area (Å²) < 4.78 is 6.37. The number of fused-ring (bicyclic) bond motifs is 2. The number of nitrogens with zero attached hydrogens (tertiary/aromatic N) is 14. The molecule has 276 valence electrons. The fourth-order valence-corrected chi connectivity index (χ4v) is 8.20. The van der Waals surface area contributed by atoms with Crippen LogP contribution in [0.25, 0.3) is 33.7 Å². The van der Waals surface area contributed by atoms with E-state index in [-0.39, 0.29) is 0 Å². The Kier molecular flexibility index (Phi) is 9.49. The Hall–Kier alpha value is -6.19. The highest BCUT2D eigenvalue weighted by atomic mass is 79.9. The van der Waals surface area contributed by atoms with Crippen LogP contribution < -0.4 is 9.80 Å². The van der Waals surface area contributed by atoms with E-state index >= 15 is 0 Å². The predicted octanol–water partition coefficient (Wildman–Crippen LogP) is 6.01. The second kappa shape index (κ2) is 14.6. The number of imidazole rings is 2. The summed E-state index contributed by atoms with van der Waals surface area (Å²) in [7, 11) is 5.77. The molecule has 2 aromatic carbocycles. The molecule has 2 aliphatic heterocycles. The first-order valence-electron chi connectivity index (χ1n) is 18.2. The minimum Gasteiger partial charge on any atom is -0.355 e. The lowest BCUT2D eigenvalue weighted by Gasteiger charge is -2.38. The second-order valence-corrected chi connectivity index (χ2v) is 14.9. The smallest absolute Gasteiger partial charge is 0.179 e. The molecule has 0 spiro atoms. The molecule has 7 heterocycles. The van der Waals surface area contributed by atoms with Crippen LogP contribution in [0.2, 0.25) is 0 Å². The maximum atomic E-state index is 9.97. The average Bonchev–Trinajstić information content (AvgIpc) is 3.92. The molecule has 2 fully saturated rings. The van der Waals surface area contributed by atoms with E-state index in [1.165, 1.54) is 0 Å². The first-order chi connectivity index (χ1) is 26.8. The Morgan fingerprint density at radius 3 is 1.56 bits per heavy atom. The molecule has 0 N–H and O–H groups in total. The molecule has 7 aromatic rings. The van der Waals surface area contributed by atoms with Crippen LogP contribution in [0.5, 0.6) is 0 Å². The summed E-state index contributed by atoms with van der Waals surface area (Å²) >= 11 is 3.45. The van der Waals surface area contributed by atoms with Gasteiger partial charge in [-0.2, -0.15) is 15.6 Å². The molecule has 14 nitrogen and oxygen atoms in total. The second-order valence-electron chi connectivity index (χ2n) is 14.2. The molecule has 55 heavy (non-hydrogen) atoms. The molecule has 0 bridgehead atoms. The maximum absolute atomic E-state index is 9.97. The van der Waals surface area contributed by atoms with Crippen molar-refractivity contribution in [1.82, 2.24) is 48.8 Å². The quantitative estimate of drug-likeness (QED) is 0.188. The highest BCUT2D eigenvalue weighted by molar-refractivity contribution is 9.10. The van der Waals surface area contributed by atoms with Crippen LogP contribution in [-0.4, -0.2) is 75.0 Å². The molecule has 0 radical (unpaired) electrons. The predicted molar refractivity (Wildman–Crippen MR) is 213 cm³/mol. The minimum atomic E-state index is -0.450. The third kappa shape index (κ3) is 6.44. The summed E-state index contributed by atoms with van der Waals surface area (Å²) in [5.74, 6) is 2.48. The van der Waals surface area contributed by atoms with Crippen LogP contribution in [0.1, 0.15) is 36.8 Å². The lowest BCUT2D eigenvalue weighted by atomic mass is 9.74. The van der Waals surface area contributed by atoms with Crippen molar-refractivity contribution in [2.24, 2.45) is 21.1 Å². The molecule has 0 aliphatic carbocycles. The lowest BCUT2D eigenvalue weighted by Crippen LogP contribution is -2.42. The van der Waals surface area contributed by atoms with Gasteiger partial charge in [0.1, 0.15) is 18.5 Å². The van der Waals surface area contributed by atoms with Crippen molar-refractivity contribution in [2.75, 3.05) is 36.0 Å². The number of piperidine rings is 2. The standard InChI is InChI=1S/C22H22N8.C18H17BrN6/c1-28-13-16(12-26-28)19-27-18-20(29(19)2)24-15-25-21(18)30-10-8-22(14-23,9-11-30)17-6-4-3-5-7-17;1-24-15-14(23-17(24)19)16(22-12-21-15)25-9-7-18(11-20,8-10-25)13-5-3-2-4-6-13/h3-7,12-13,15H,8-11H2,1-2H3;2-6,12H,7-10H2,1H3. The number of anilines is 2. The molecule has 2 saturated heterocycles. The summed E-state index contributed by atoms with van der Waals surface area (Å²) in [4.78, 5) is 31.7. The SMILES string of the molecule is Cn1c(Br)nc2c(N3CCC(C#N)(c4ccccc4)CC3)ncnc21.Cn1cc(-c2nc3c(N4CCC(C#N)(c5ccccc5)CC4)ncnc3n2C)cn1. The van der Waals surface area contributed by atoms with Gasteiger partial charge >= 0.3 is 0 Å². The first-order valence-corrected chi connectivity index (χ1v) is 19.0. The van der Waals surface area contributed by atoms with Gasteiger partial charge in [-0.15, -0.1) is 0 Å². The number of rotatable bonds is 5. The summed E-state index contributed by atoms with van der Waals surface area (Å²) in [6.45, 7) is 3.02. The Bertz CT molecular complexity index is 2550. The van der Waals surface area contributed by atoms with Crippen molar-refractivity contribution in [2.45, 2.75) is 36.5 Å². The van der Waals surface area contributed by atoms with E-state index in [2.05, 4.69) is 92.2 Å². The van der Waals surface area contributed by atoms with E-state index in [9.17, 15) is 10.5 Å². The Balaban J connectivity index is 0.000000158. The van der Waals surface area contributed by atoms with Crippen molar-refractivity contribution < 1.29 is 0 Å². The van der Waals surface area contributed by atoms with Crippen LogP contribution in [-0.2, 0) is 32.0 Å². The van der Waals surface area contributed by atoms with Crippen LogP contribution in [0.4, 0.5) is 11.6 Å². The van der Waals surface area contributed by atoms with E-state index in [4.69, 9.17) is 4.98 Å². The zero-order chi connectivity index (χ0) is 38.2. The van der Waals surface area contributed by atoms with Crippen LogP contribution in [0, 0.1) is 22.7 Å². The third-order valence-corrected chi connectivity index (χ3v) is 11.8. The van der Waals surface area contributed by atoms with Crippen molar-refractivity contribution in [3.63, 3.8) is 0 Å². The molecule has 0 unspecified atom stereocenters. The van der Waals surface area contributed by atoms with Crippen molar-refractivity contribution >= 4 is 49.9 Å². The van der Waals surface area contributed by atoms with Gasteiger partial charge in [0, 0.05) is 53.5 Å². The maximum Gasteiger partial charge on any atom is 0.179 e. The zero-order valence-electron chi connectivity index (χ0n) is 30.9. The molecule has 5 aromatic heterocycles. The molecular formula is C40H39BrN14. The number of aryl methyl sites for hydroxylation is 3. The lowest BCUT2D eigenvalue weighted by molar-refractivity contribution is 0.414. The van der Waals surface area contributed by atoms with Gasteiger partial charge in [-0.1, -0.05) is 60.7 Å². The van der Waals surface area contributed by atoms with E-state index in [1.807, 2.05) is 72.9 Å². The fourth-order valence-electron chi connectivity index (χ4n) is 7.85. The third-order valence-electron chi connectivity index (χ3n) is 11.1. The Labute approximate surface area is 326 Å². The normalized spacial score (nSPS) is 16.3. The topological polar surface area (TPSA) is 159 Å². The van der Waals surface area contributed by atoms with Crippen molar-refractivity contribution in [3.05, 3.63) is 102 Å². The van der Waals surface area contributed by atoms with Gasteiger partial charge in [0.25, 0.3) is 0 Å². The molecule has 9 rings (SSSR count). The van der Waals surface area contributed by atoms with Gasteiger partial charge in [0.05, 0.1) is 34.7 Å². The Morgan fingerprint density at radius 2 is 1.11 bits per heavy atom. The fraction of sp³-hybridized carbons (Fsp3) is 0.325.